The lowest BCUT2D eigenvalue weighted by Crippen LogP contribution is -2.32. The van der Waals surface area contributed by atoms with Crippen molar-refractivity contribution in [3.63, 3.8) is 0 Å². The van der Waals surface area contributed by atoms with Crippen molar-refractivity contribution in [2.75, 3.05) is 10.2 Å². The number of carbonyl (C=O) groups excluding carboxylic acids is 3. The molecule has 0 radical (unpaired) electrons. The second kappa shape index (κ2) is 9.15. The molecule has 1 heterocycles. The Morgan fingerprint density at radius 3 is 2.06 bits per heavy atom. The van der Waals surface area contributed by atoms with Crippen LogP contribution in [0.2, 0.25) is 0 Å². The number of nitrogens with zero attached hydrogens (tertiary/aromatic N) is 1. The van der Waals surface area contributed by atoms with Crippen molar-refractivity contribution < 1.29 is 19.1 Å². The third-order valence-electron chi connectivity index (χ3n) is 5.54. The van der Waals surface area contributed by atoms with E-state index in [9.17, 15) is 14.4 Å². The number of carbonyl (C=O) groups is 3. The van der Waals surface area contributed by atoms with Gasteiger partial charge in [-0.1, -0.05) is 47.0 Å². The van der Waals surface area contributed by atoms with Crippen LogP contribution in [-0.4, -0.2) is 17.8 Å². The molecule has 0 bridgehead atoms. The Morgan fingerprint density at radius 2 is 1.44 bits per heavy atom. The highest BCUT2D eigenvalue weighted by Crippen LogP contribution is 2.32. The number of benzene rings is 3. The SMILES string of the molecule is Cc1ccc(OC(=O)c2ccc(NC3=C(Cl)C(=O)N(c4ccc(C)cc4C)C3=O)cc2)c(C)c1. The molecule has 34 heavy (non-hydrogen) atoms. The van der Waals surface area contributed by atoms with Crippen LogP contribution in [0.3, 0.4) is 0 Å². The van der Waals surface area contributed by atoms with Crippen molar-refractivity contribution in [1.82, 2.24) is 0 Å². The van der Waals surface area contributed by atoms with Gasteiger partial charge in [0.2, 0.25) is 0 Å². The molecule has 0 saturated carbocycles. The van der Waals surface area contributed by atoms with Gasteiger partial charge in [0, 0.05) is 5.69 Å². The van der Waals surface area contributed by atoms with Gasteiger partial charge in [-0.25, -0.2) is 9.69 Å². The lowest BCUT2D eigenvalue weighted by Gasteiger charge is -2.18. The van der Waals surface area contributed by atoms with Crippen LogP contribution in [0, 0.1) is 27.7 Å². The van der Waals surface area contributed by atoms with E-state index >= 15 is 0 Å². The summed E-state index contributed by atoms with van der Waals surface area (Å²) >= 11 is 6.23. The molecule has 0 aromatic heterocycles. The van der Waals surface area contributed by atoms with Gasteiger partial charge in [-0.15, -0.1) is 0 Å². The van der Waals surface area contributed by atoms with Crippen LogP contribution in [-0.2, 0) is 9.59 Å². The first kappa shape index (κ1) is 23.3. The summed E-state index contributed by atoms with van der Waals surface area (Å²) < 4.78 is 5.50. The molecule has 172 valence electrons. The van der Waals surface area contributed by atoms with E-state index in [4.69, 9.17) is 16.3 Å². The Labute approximate surface area is 202 Å². The van der Waals surface area contributed by atoms with Crippen LogP contribution in [0.1, 0.15) is 32.6 Å². The number of hydrogen-bond acceptors (Lipinski definition) is 5. The number of imide groups is 1. The number of amides is 2. The van der Waals surface area contributed by atoms with Crippen molar-refractivity contribution >= 4 is 40.8 Å². The molecule has 0 aliphatic carbocycles. The molecule has 3 aromatic carbocycles. The predicted octanol–water partition coefficient (Wildman–Crippen LogP) is 5.58. The number of hydrogen-bond donors (Lipinski definition) is 1. The second-order valence-corrected chi connectivity index (χ2v) is 8.66. The van der Waals surface area contributed by atoms with Gasteiger partial charge in [0.15, 0.2) is 0 Å². The monoisotopic (exact) mass is 474 g/mol. The summed E-state index contributed by atoms with van der Waals surface area (Å²) in [7, 11) is 0. The molecule has 4 rings (SSSR count). The smallest absolute Gasteiger partial charge is 0.343 e. The third-order valence-corrected chi connectivity index (χ3v) is 5.89. The second-order valence-electron chi connectivity index (χ2n) is 8.29. The first-order valence-corrected chi connectivity index (χ1v) is 11.1. The quantitative estimate of drug-likeness (QED) is 0.297. The number of aryl methyl sites for hydroxylation is 4. The fraction of sp³-hybridized carbons (Fsp3) is 0.148. The molecule has 7 heteroatoms. The average molecular weight is 475 g/mol. The van der Waals surface area contributed by atoms with Gasteiger partial charge < -0.3 is 10.1 Å². The molecular weight excluding hydrogens is 452 g/mol. The van der Waals surface area contributed by atoms with E-state index in [2.05, 4.69) is 5.32 Å². The highest BCUT2D eigenvalue weighted by Gasteiger charge is 2.39. The molecule has 1 aliphatic rings. The Kier molecular flexibility index (Phi) is 6.26. The number of anilines is 2. The Hall–Kier alpha value is -3.90. The Morgan fingerprint density at radius 1 is 0.824 bits per heavy atom. The number of nitrogens with one attached hydrogen (secondary N) is 1. The molecule has 2 amide bonds. The Balaban J connectivity index is 1.50. The minimum atomic E-state index is -0.588. The lowest BCUT2D eigenvalue weighted by atomic mass is 10.1. The van der Waals surface area contributed by atoms with Gasteiger partial charge in [-0.05, 0) is 75.2 Å². The molecular formula is C27H23ClN2O4. The third kappa shape index (κ3) is 4.45. The zero-order chi connectivity index (χ0) is 24.6. The topological polar surface area (TPSA) is 75.7 Å². The van der Waals surface area contributed by atoms with E-state index in [-0.39, 0.29) is 10.7 Å². The fourth-order valence-electron chi connectivity index (χ4n) is 3.79. The molecule has 1 aliphatic heterocycles. The van der Waals surface area contributed by atoms with E-state index in [0.29, 0.717) is 22.7 Å². The largest absolute Gasteiger partial charge is 0.423 e. The van der Waals surface area contributed by atoms with Crippen LogP contribution < -0.4 is 15.0 Å². The summed E-state index contributed by atoms with van der Waals surface area (Å²) in [5.74, 6) is -1.13. The van der Waals surface area contributed by atoms with E-state index in [1.165, 1.54) is 0 Å². The van der Waals surface area contributed by atoms with Crippen molar-refractivity contribution in [3.05, 3.63) is 99.2 Å². The molecule has 0 unspecified atom stereocenters. The summed E-state index contributed by atoms with van der Waals surface area (Å²) in [6.45, 7) is 7.61. The molecule has 6 nitrogen and oxygen atoms in total. The number of halogens is 1. The summed E-state index contributed by atoms with van der Waals surface area (Å²) in [5.41, 5.74) is 5.07. The van der Waals surface area contributed by atoms with Gasteiger partial charge in [-0.2, -0.15) is 0 Å². The zero-order valence-corrected chi connectivity index (χ0v) is 20.0. The summed E-state index contributed by atoms with van der Waals surface area (Å²) in [6, 6.07) is 17.4. The molecule has 0 fully saturated rings. The van der Waals surface area contributed by atoms with Gasteiger partial charge in [0.25, 0.3) is 11.8 Å². The average Bonchev–Trinajstić information content (AvgIpc) is 2.99. The van der Waals surface area contributed by atoms with Crippen LogP contribution in [0.25, 0.3) is 0 Å². The van der Waals surface area contributed by atoms with Crippen LogP contribution >= 0.6 is 11.6 Å². The van der Waals surface area contributed by atoms with Crippen molar-refractivity contribution in [3.8, 4) is 5.75 Å². The minimum absolute atomic E-state index is 0.0164. The van der Waals surface area contributed by atoms with Crippen molar-refractivity contribution in [2.45, 2.75) is 27.7 Å². The van der Waals surface area contributed by atoms with E-state index in [0.717, 1.165) is 27.2 Å². The van der Waals surface area contributed by atoms with Gasteiger partial charge in [0.1, 0.15) is 16.5 Å². The van der Waals surface area contributed by atoms with Crippen molar-refractivity contribution in [1.29, 1.82) is 0 Å². The van der Waals surface area contributed by atoms with E-state index in [1.807, 2.05) is 52.0 Å². The number of ether oxygens (including phenoxy) is 1. The summed E-state index contributed by atoms with van der Waals surface area (Å²) in [5, 5.41) is 2.72. The molecule has 0 saturated heterocycles. The van der Waals surface area contributed by atoms with E-state index in [1.54, 1.807) is 36.4 Å². The fourth-order valence-corrected chi connectivity index (χ4v) is 4.01. The predicted molar refractivity (Wildman–Crippen MR) is 132 cm³/mol. The molecule has 3 aromatic rings. The van der Waals surface area contributed by atoms with Gasteiger partial charge >= 0.3 is 5.97 Å². The molecule has 0 atom stereocenters. The standard InChI is InChI=1S/C27H23ClN2O4/c1-15-5-11-21(17(3)13-15)30-25(31)23(28)24(26(30)32)29-20-9-7-19(8-10-20)27(33)34-22-12-6-16(2)14-18(22)4/h5-14,29H,1-4H3. The first-order valence-electron chi connectivity index (χ1n) is 10.7. The van der Waals surface area contributed by atoms with Gasteiger partial charge in [-0.3, -0.25) is 9.59 Å². The highest BCUT2D eigenvalue weighted by atomic mass is 35.5. The van der Waals surface area contributed by atoms with E-state index < -0.39 is 17.8 Å². The minimum Gasteiger partial charge on any atom is -0.423 e. The summed E-state index contributed by atoms with van der Waals surface area (Å²) in [4.78, 5) is 39.4. The maximum absolute atomic E-state index is 13.0. The van der Waals surface area contributed by atoms with Crippen LogP contribution in [0.5, 0.6) is 5.75 Å². The van der Waals surface area contributed by atoms with Gasteiger partial charge in [0.05, 0.1) is 11.3 Å². The highest BCUT2D eigenvalue weighted by molar-refractivity contribution is 6.53. The number of rotatable bonds is 5. The normalized spacial score (nSPS) is 13.5. The maximum atomic E-state index is 13.0. The molecule has 1 N–H and O–H groups in total. The zero-order valence-electron chi connectivity index (χ0n) is 19.2. The maximum Gasteiger partial charge on any atom is 0.343 e. The number of esters is 1. The first-order chi connectivity index (χ1) is 16.2. The molecule has 0 spiro atoms. The van der Waals surface area contributed by atoms with Crippen molar-refractivity contribution in [2.24, 2.45) is 0 Å². The van der Waals surface area contributed by atoms with Crippen LogP contribution in [0.4, 0.5) is 11.4 Å². The lowest BCUT2D eigenvalue weighted by molar-refractivity contribution is -0.120. The Bertz CT molecular complexity index is 1360. The summed E-state index contributed by atoms with van der Waals surface area (Å²) in [6.07, 6.45) is 0. The van der Waals surface area contributed by atoms with Crippen LogP contribution in [0.15, 0.2) is 71.4 Å².